The fraction of sp³-hybridized carbons (Fsp3) is 0.636. The highest BCUT2D eigenvalue weighted by molar-refractivity contribution is 5.92. The van der Waals surface area contributed by atoms with Crippen LogP contribution in [0.3, 0.4) is 0 Å². The van der Waals surface area contributed by atoms with Crippen molar-refractivity contribution in [3.63, 3.8) is 0 Å². The predicted octanol–water partition coefficient (Wildman–Crippen LogP) is 0.477. The molecule has 0 atom stereocenters. The van der Waals surface area contributed by atoms with Gasteiger partial charge in [0, 0.05) is 26.8 Å². The average molecular weight is 224 g/mol. The fourth-order valence-corrected chi connectivity index (χ4v) is 1.56. The zero-order chi connectivity index (χ0) is 12.3. The second kappa shape index (κ2) is 4.65. The van der Waals surface area contributed by atoms with Gasteiger partial charge >= 0.3 is 0 Å². The Kier molecular flexibility index (Phi) is 3.70. The molecule has 2 N–H and O–H groups in total. The van der Waals surface area contributed by atoms with E-state index in [-0.39, 0.29) is 11.3 Å². The maximum Gasteiger partial charge on any atom is 0.271 e. The molecule has 1 heterocycles. The molecule has 5 nitrogen and oxygen atoms in total. The lowest BCUT2D eigenvalue weighted by Crippen LogP contribution is -2.40. The molecule has 0 spiro atoms. The molecule has 1 amide bonds. The van der Waals surface area contributed by atoms with Crippen molar-refractivity contribution in [3.05, 3.63) is 18.0 Å². The number of aromatic nitrogens is 2. The summed E-state index contributed by atoms with van der Waals surface area (Å²) >= 11 is 0. The number of hydrogen-bond acceptors (Lipinski definition) is 3. The second-order valence-corrected chi connectivity index (χ2v) is 4.87. The minimum Gasteiger partial charge on any atom is -0.340 e. The lowest BCUT2D eigenvalue weighted by Gasteiger charge is -2.28. The number of carbonyl (C=O) groups excluding carboxylic acids is 1. The minimum absolute atomic E-state index is 0.0264. The SMILES string of the molecule is CN(CC(C)(C)CN)C(=O)c1ccnn1C. The summed E-state index contributed by atoms with van der Waals surface area (Å²) in [7, 11) is 3.54. The number of rotatable bonds is 4. The molecule has 1 aromatic rings. The van der Waals surface area contributed by atoms with Crippen molar-refractivity contribution in [2.24, 2.45) is 18.2 Å². The van der Waals surface area contributed by atoms with Gasteiger partial charge in [-0.15, -0.1) is 0 Å². The minimum atomic E-state index is -0.0665. The van der Waals surface area contributed by atoms with E-state index >= 15 is 0 Å². The van der Waals surface area contributed by atoms with Gasteiger partial charge in [-0.2, -0.15) is 5.10 Å². The first kappa shape index (κ1) is 12.7. The van der Waals surface area contributed by atoms with Crippen molar-refractivity contribution in [1.29, 1.82) is 0 Å². The second-order valence-electron chi connectivity index (χ2n) is 4.87. The first-order valence-corrected chi connectivity index (χ1v) is 5.31. The van der Waals surface area contributed by atoms with Crippen molar-refractivity contribution < 1.29 is 4.79 Å². The van der Waals surface area contributed by atoms with Gasteiger partial charge in [0.2, 0.25) is 0 Å². The molecular formula is C11H20N4O. The van der Waals surface area contributed by atoms with Crippen LogP contribution in [0.15, 0.2) is 12.3 Å². The molecule has 0 bridgehead atoms. The number of aryl methyl sites for hydroxylation is 1. The molecule has 0 aromatic carbocycles. The van der Waals surface area contributed by atoms with Crippen molar-refractivity contribution in [3.8, 4) is 0 Å². The topological polar surface area (TPSA) is 64.2 Å². The first-order valence-electron chi connectivity index (χ1n) is 5.31. The van der Waals surface area contributed by atoms with E-state index in [0.29, 0.717) is 18.8 Å². The number of nitrogens with zero attached hydrogens (tertiary/aromatic N) is 3. The monoisotopic (exact) mass is 224 g/mol. The molecule has 0 aliphatic carbocycles. The first-order chi connectivity index (χ1) is 7.37. The summed E-state index contributed by atoms with van der Waals surface area (Å²) in [5.41, 5.74) is 6.17. The third-order valence-corrected chi connectivity index (χ3v) is 2.60. The molecule has 0 saturated heterocycles. The number of hydrogen-bond donors (Lipinski definition) is 1. The van der Waals surface area contributed by atoms with Crippen LogP contribution in [-0.2, 0) is 7.05 Å². The Morgan fingerprint density at radius 1 is 1.62 bits per heavy atom. The molecule has 0 aliphatic heterocycles. The highest BCUT2D eigenvalue weighted by atomic mass is 16.2. The summed E-state index contributed by atoms with van der Waals surface area (Å²) in [4.78, 5) is 13.7. The molecular weight excluding hydrogens is 204 g/mol. The molecule has 0 fully saturated rings. The van der Waals surface area contributed by atoms with Crippen LogP contribution in [0.2, 0.25) is 0 Å². The fourth-order valence-electron chi connectivity index (χ4n) is 1.56. The zero-order valence-electron chi connectivity index (χ0n) is 10.4. The molecule has 1 rings (SSSR count). The standard InChI is InChI=1S/C11H20N4O/c1-11(2,7-12)8-14(3)10(16)9-5-6-13-15(9)4/h5-6H,7-8,12H2,1-4H3. The van der Waals surface area contributed by atoms with Crippen LogP contribution in [0.1, 0.15) is 24.3 Å². The maximum atomic E-state index is 12.0. The van der Waals surface area contributed by atoms with Crippen LogP contribution >= 0.6 is 0 Å². The van der Waals surface area contributed by atoms with Gasteiger partial charge in [0.25, 0.3) is 5.91 Å². The Bertz CT molecular complexity index is 370. The van der Waals surface area contributed by atoms with Crippen molar-refractivity contribution in [2.75, 3.05) is 20.1 Å². The largest absolute Gasteiger partial charge is 0.340 e. The molecule has 1 aromatic heterocycles. The van der Waals surface area contributed by atoms with Gasteiger partial charge < -0.3 is 10.6 Å². The number of carbonyl (C=O) groups is 1. The van der Waals surface area contributed by atoms with Crippen LogP contribution in [-0.4, -0.2) is 40.7 Å². The van der Waals surface area contributed by atoms with E-state index in [9.17, 15) is 4.79 Å². The van der Waals surface area contributed by atoms with E-state index in [0.717, 1.165) is 0 Å². The Labute approximate surface area is 96.2 Å². The van der Waals surface area contributed by atoms with Gasteiger partial charge in [0.15, 0.2) is 0 Å². The van der Waals surface area contributed by atoms with Gasteiger partial charge in [-0.05, 0) is 18.0 Å². The van der Waals surface area contributed by atoms with E-state index in [1.165, 1.54) is 0 Å². The maximum absolute atomic E-state index is 12.0. The summed E-state index contributed by atoms with van der Waals surface area (Å²) in [6, 6.07) is 1.72. The van der Waals surface area contributed by atoms with Gasteiger partial charge in [0.05, 0.1) is 0 Å². The van der Waals surface area contributed by atoms with Gasteiger partial charge in [-0.25, -0.2) is 0 Å². The van der Waals surface area contributed by atoms with Crippen LogP contribution in [0.5, 0.6) is 0 Å². The Hall–Kier alpha value is -1.36. The lowest BCUT2D eigenvalue weighted by molar-refractivity contribution is 0.0729. The van der Waals surface area contributed by atoms with E-state index in [4.69, 9.17) is 5.73 Å². The summed E-state index contributed by atoms with van der Waals surface area (Å²) in [5.74, 6) is -0.0264. The number of nitrogens with two attached hydrogens (primary N) is 1. The van der Waals surface area contributed by atoms with Crippen molar-refractivity contribution >= 4 is 5.91 Å². The van der Waals surface area contributed by atoms with Gasteiger partial charge in [-0.3, -0.25) is 9.48 Å². The van der Waals surface area contributed by atoms with Crippen LogP contribution in [0, 0.1) is 5.41 Å². The molecule has 0 radical (unpaired) electrons. The summed E-state index contributed by atoms with van der Waals surface area (Å²) in [6.07, 6.45) is 1.62. The van der Waals surface area contributed by atoms with Gasteiger partial charge in [0.1, 0.15) is 5.69 Å². The smallest absolute Gasteiger partial charge is 0.271 e. The normalized spacial score (nSPS) is 11.6. The quantitative estimate of drug-likeness (QED) is 0.809. The van der Waals surface area contributed by atoms with Crippen LogP contribution in [0.4, 0.5) is 0 Å². The van der Waals surface area contributed by atoms with Crippen LogP contribution < -0.4 is 5.73 Å². The molecule has 90 valence electrons. The Morgan fingerprint density at radius 3 is 2.69 bits per heavy atom. The van der Waals surface area contributed by atoms with E-state index in [1.54, 1.807) is 35.9 Å². The Balaban J connectivity index is 2.73. The van der Waals surface area contributed by atoms with Crippen LogP contribution in [0.25, 0.3) is 0 Å². The van der Waals surface area contributed by atoms with E-state index < -0.39 is 0 Å². The Morgan fingerprint density at radius 2 is 2.25 bits per heavy atom. The predicted molar refractivity (Wildman–Crippen MR) is 63.0 cm³/mol. The number of amides is 1. The third kappa shape index (κ3) is 2.82. The highest BCUT2D eigenvalue weighted by Crippen LogP contribution is 2.15. The van der Waals surface area contributed by atoms with E-state index in [2.05, 4.69) is 5.10 Å². The molecule has 0 saturated carbocycles. The van der Waals surface area contributed by atoms with E-state index in [1.807, 2.05) is 13.8 Å². The lowest BCUT2D eigenvalue weighted by atomic mass is 9.93. The van der Waals surface area contributed by atoms with Crippen molar-refractivity contribution in [2.45, 2.75) is 13.8 Å². The highest BCUT2D eigenvalue weighted by Gasteiger charge is 2.23. The third-order valence-electron chi connectivity index (χ3n) is 2.60. The van der Waals surface area contributed by atoms with Crippen molar-refractivity contribution in [1.82, 2.24) is 14.7 Å². The summed E-state index contributed by atoms with van der Waals surface area (Å²) in [6.45, 7) is 5.27. The molecule has 5 heteroatoms. The average Bonchev–Trinajstić information content (AvgIpc) is 2.62. The molecule has 0 unspecified atom stereocenters. The zero-order valence-corrected chi connectivity index (χ0v) is 10.4. The summed E-state index contributed by atoms with van der Waals surface area (Å²) in [5, 5.41) is 3.98. The van der Waals surface area contributed by atoms with Gasteiger partial charge in [-0.1, -0.05) is 13.8 Å². The summed E-state index contributed by atoms with van der Waals surface area (Å²) < 4.78 is 1.58. The molecule has 0 aliphatic rings. The molecule has 16 heavy (non-hydrogen) atoms.